The van der Waals surface area contributed by atoms with Crippen LogP contribution >= 0.6 is 0 Å². The SMILES string of the molecule is O=Cc1nn(-c2ccccc2F)c(=O)cc1O. The number of rotatable bonds is 2. The van der Waals surface area contributed by atoms with E-state index in [9.17, 15) is 19.1 Å². The van der Waals surface area contributed by atoms with E-state index in [2.05, 4.69) is 5.10 Å². The molecule has 6 heteroatoms. The van der Waals surface area contributed by atoms with E-state index in [-0.39, 0.29) is 17.7 Å². The standard InChI is InChI=1S/C11H7FN2O3/c12-7-3-1-2-4-9(7)14-11(17)5-10(16)8(6-15)13-14/h1-6,16H. The maximum Gasteiger partial charge on any atom is 0.275 e. The highest BCUT2D eigenvalue weighted by Crippen LogP contribution is 2.12. The minimum Gasteiger partial charge on any atom is -0.505 e. The summed E-state index contributed by atoms with van der Waals surface area (Å²) in [5, 5.41) is 12.8. The number of carbonyl (C=O) groups is 1. The Hall–Kier alpha value is -2.50. The second kappa shape index (κ2) is 4.17. The van der Waals surface area contributed by atoms with E-state index in [4.69, 9.17) is 0 Å². The van der Waals surface area contributed by atoms with Crippen LogP contribution in [0.25, 0.3) is 5.69 Å². The Morgan fingerprint density at radius 2 is 2.06 bits per heavy atom. The summed E-state index contributed by atoms with van der Waals surface area (Å²) in [6.07, 6.45) is 0.284. The summed E-state index contributed by atoms with van der Waals surface area (Å²) in [6.45, 7) is 0. The number of hydrogen-bond donors (Lipinski definition) is 1. The van der Waals surface area contributed by atoms with Gasteiger partial charge in [-0.05, 0) is 12.1 Å². The Morgan fingerprint density at radius 3 is 2.71 bits per heavy atom. The smallest absolute Gasteiger partial charge is 0.275 e. The van der Waals surface area contributed by atoms with Gasteiger partial charge in [0, 0.05) is 6.07 Å². The van der Waals surface area contributed by atoms with Crippen LogP contribution in [0.4, 0.5) is 4.39 Å². The molecule has 0 atom stereocenters. The minimum absolute atomic E-state index is 0.0828. The van der Waals surface area contributed by atoms with Crippen LogP contribution in [0, 0.1) is 5.82 Å². The Kier molecular flexibility index (Phi) is 2.70. The average Bonchev–Trinajstić information content (AvgIpc) is 2.31. The summed E-state index contributed by atoms with van der Waals surface area (Å²) in [4.78, 5) is 22.1. The largest absolute Gasteiger partial charge is 0.505 e. The second-order valence-corrected chi connectivity index (χ2v) is 3.23. The van der Waals surface area contributed by atoms with Crippen LogP contribution in [0.3, 0.4) is 0 Å². The van der Waals surface area contributed by atoms with E-state index >= 15 is 0 Å². The maximum absolute atomic E-state index is 13.4. The maximum atomic E-state index is 13.4. The first-order chi connectivity index (χ1) is 8.13. The Morgan fingerprint density at radius 1 is 1.35 bits per heavy atom. The first-order valence-corrected chi connectivity index (χ1v) is 4.67. The predicted molar refractivity (Wildman–Crippen MR) is 56.8 cm³/mol. The van der Waals surface area contributed by atoms with Gasteiger partial charge in [-0.1, -0.05) is 12.1 Å². The van der Waals surface area contributed by atoms with Crippen LogP contribution in [0.15, 0.2) is 35.1 Å². The number of carbonyl (C=O) groups excluding carboxylic acids is 1. The first-order valence-electron chi connectivity index (χ1n) is 4.67. The van der Waals surface area contributed by atoms with Gasteiger partial charge in [0.2, 0.25) is 0 Å². The summed E-state index contributed by atoms with van der Waals surface area (Å²) in [7, 11) is 0. The zero-order chi connectivity index (χ0) is 12.4. The molecule has 1 N–H and O–H groups in total. The van der Waals surface area contributed by atoms with Crippen LogP contribution in [0.2, 0.25) is 0 Å². The lowest BCUT2D eigenvalue weighted by molar-refractivity contribution is 0.111. The number of hydrogen-bond acceptors (Lipinski definition) is 4. The van der Waals surface area contributed by atoms with Gasteiger partial charge in [-0.15, -0.1) is 0 Å². The van der Waals surface area contributed by atoms with Gasteiger partial charge in [-0.2, -0.15) is 9.78 Å². The molecule has 0 unspecified atom stereocenters. The Balaban J connectivity index is 2.72. The fourth-order valence-electron chi connectivity index (χ4n) is 1.34. The van der Waals surface area contributed by atoms with Crippen molar-refractivity contribution in [3.63, 3.8) is 0 Å². The molecular formula is C11H7FN2O3. The number of para-hydroxylation sites is 1. The number of aldehydes is 1. The molecule has 86 valence electrons. The van der Waals surface area contributed by atoms with Crippen molar-refractivity contribution in [3.05, 3.63) is 52.2 Å². The molecule has 0 aliphatic carbocycles. The Bertz CT molecular complexity index is 637. The highest BCUT2D eigenvalue weighted by Gasteiger charge is 2.11. The third-order valence-electron chi connectivity index (χ3n) is 2.13. The van der Waals surface area contributed by atoms with Crippen LogP contribution < -0.4 is 5.56 Å². The van der Waals surface area contributed by atoms with Gasteiger partial charge in [0.15, 0.2) is 17.7 Å². The summed E-state index contributed by atoms with van der Waals surface area (Å²) >= 11 is 0. The fourth-order valence-corrected chi connectivity index (χ4v) is 1.34. The van der Waals surface area contributed by atoms with Gasteiger partial charge < -0.3 is 5.11 Å². The molecule has 2 aromatic rings. The molecule has 0 saturated heterocycles. The molecular weight excluding hydrogens is 227 g/mol. The second-order valence-electron chi connectivity index (χ2n) is 3.23. The van der Waals surface area contributed by atoms with Crippen molar-refractivity contribution in [2.45, 2.75) is 0 Å². The van der Waals surface area contributed by atoms with Gasteiger partial charge in [0.1, 0.15) is 11.5 Å². The number of halogens is 1. The van der Waals surface area contributed by atoms with Gasteiger partial charge >= 0.3 is 0 Å². The van der Waals surface area contributed by atoms with E-state index in [1.54, 1.807) is 0 Å². The summed E-state index contributed by atoms with van der Waals surface area (Å²) < 4.78 is 14.2. The van der Waals surface area contributed by atoms with Crippen molar-refractivity contribution < 1.29 is 14.3 Å². The number of aromatic hydroxyl groups is 1. The van der Waals surface area contributed by atoms with Crippen molar-refractivity contribution in [1.82, 2.24) is 9.78 Å². The molecule has 0 aliphatic heterocycles. The van der Waals surface area contributed by atoms with Gasteiger partial charge in [-0.25, -0.2) is 4.39 Å². The topological polar surface area (TPSA) is 72.2 Å². The zero-order valence-corrected chi connectivity index (χ0v) is 8.50. The van der Waals surface area contributed by atoms with E-state index in [0.29, 0.717) is 0 Å². The molecule has 0 radical (unpaired) electrons. The molecule has 0 amide bonds. The van der Waals surface area contributed by atoms with Gasteiger partial charge in [0.25, 0.3) is 5.56 Å². The molecule has 5 nitrogen and oxygen atoms in total. The van der Waals surface area contributed by atoms with E-state index < -0.39 is 17.1 Å². The number of aromatic nitrogens is 2. The normalized spacial score (nSPS) is 10.2. The molecule has 0 spiro atoms. The molecule has 1 aromatic carbocycles. The molecule has 0 aliphatic rings. The average molecular weight is 234 g/mol. The lowest BCUT2D eigenvalue weighted by atomic mass is 10.3. The summed E-state index contributed by atoms with van der Waals surface area (Å²) in [5.41, 5.74) is -1.13. The molecule has 1 aromatic heterocycles. The van der Waals surface area contributed by atoms with Gasteiger partial charge in [-0.3, -0.25) is 9.59 Å². The number of nitrogens with zero attached hydrogens (tertiary/aromatic N) is 2. The molecule has 1 heterocycles. The molecule has 0 fully saturated rings. The molecule has 0 saturated carbocycles. The minimum atomic E-state index is -0.724. The van der Waals surface area contributed by atoms with Gasteiger partial charge in [0.05, 0.1) is 0 Å². The zero-order valence-electron chi connectivity index (χ0n) is 8.50. The predicted octanol–water partition coefficient (Wildman–Crippen LogP) is 0.890. The van der Waals surface area contributed by atoms with Crippen LogP contribution in [0.1, 0.15) is 10.5 Å². The quantitative estimate of drug-likeness (QED) is 0.783. The monoisotopic (exact) mass is 234 g/mol. The first kappa shape index (κ1) is 11.0. The Labute approximate surface area is 94.8 Å². The molecule has 2 rings (SSSR count). The molecule has 0 bridgehead atoms. The van der Waals surface area contributed by atoms with Crippen molar-refractivity contribution in [2.24, 2.45) is 0 Å². The van der Waals surface area contributed by atoms with Crippen molar-refractivity contribution in [2.75, 3.05) is 0 Å². The highest BCUT2D eigenvalue weighted by molar-refractivity contribution is 5.75. The lowest BCUT2D eigenvalue weighted by Gasteiger charge is -2.06. The van der Waals surface area contributed by atoms with Crippen LogP contribution in [-0.2, 0) is 0 Å². The highest BCUT2D eigenvalue weighted by atomic mass is 19.1. The third-order valence-corrected chi connectivity index (χ3v) is 2.13. The van der Waals surface area contributed by atoms with Crippen LogP contribution in [-0.4, -0.2) is 21.2 Å². The van der Waals surface area contributed by atoms with Crippen molar-refractivity contribution >= 4 is 6.29 Å². The molecule has 17 heavy (non-hydrogen) atoms. The summed E-state index contributed by atoms with van der Waals surface area (Å²) in [6, 6.07) is 6.31. The van der Waals surface area contributed by atoms with Crippen molar-refractivity contribution in [3.8, 4) is 11.4 Å². The fraction of sp³-hybridized carbons (Fsp3) is 0. The lowest BCUT2D eigenvalue weighted by Crippen LogP contribution is -2.22. The van der Waals surface area contributed by atoms with Crippen molar-refractivity contribution in [1.29, 1.82) is 0 Å². The van der Waals surface area contributed by atoms with E-state index in [1.807, 2.05) is 0 Å². The van der Waals surface area contributed by atoms with E-state index in [0.717, 1.165) is 16.8 Å². The number of benzene rings is 1. The summed E-state index contributed by atoms with van der Waals surface area (Å²) in [5.74, 6) is -1.18. The van der Waals surface area contributed by atoms with Crippen LogP contribution in [0.5, 0.6) is 5.75 Å². The third kappa shape index (κ3) is 1.92. The van der Waals surface area contributed by atoms with E-state index in [1.165, 1.54) is 18.2 Å².